The summed E-state index contributed by atoms with van der Waals surface area (Å²) in [6.45, 7) is 7.25. The average Bonchev–Trinajstić information content (AvgIpc) is 2.96. The number of para-hydroxylation sites is 1. The van der Waals surface area contributed by atoms with Gasteiger partial charge in [0, 0.05) is 31.7 Å². The second-order valence-electron chi connectivity index (χ2n) is 7.18. The SMILES string of the molecule is COc1ccccc1C1(F)CCN(CC2(C)CCNC2)CC1.Cl. The zero-order valence-electron chi connectivity index (χ0n) is 14.1. The standard InChI is InChI=1S/C18H27FN2O.ClH/c1-17(7-10-20-13-17)14-21-11-8-18(19,9-12-21)15-5-3-4-6-16(15)22-2;/h3-6,20H,7-14H2,1-2H3;1H. The van der Waals surface area contributed by atoms with E-state index >= 15 is 4.39 Å². The number of halogens is 2. The molecule has 1 unspecified atom stereocenters. The van der Waals surface area contributed by atoms with Gasteiger partial charge in [0.2, 0.25) is 0 Å². The summed E-state index contributed by atoms with van der Waals surface area (Å²) >= 11 is 0. The highest BCUT2D eigenvalue weighted by Gasteiger charge is 2.40. The highest BCUT2D eigenvalue weighted by atomic mass is 35.5. The van der Waals surface area contributed by atoms with Gasteiger partial charge in [-0.15, -0.1) is 12.4 Å². The monoisotopic (exact) mass is 342 g/mol. The Bertz CT molecular complexity index is 511. The number of ether oxygens (including phenoxy) is 1. The number of nitrogens with zero attached hydrogens (tertiary/aromatic N) is 1. The fourth-order valence-corrected chi connectivity index (χ4v) is 3.89. The van der Waals surface area contributed by atoms with Crippen molar-refractivity contribution in [3.63, 3.8) is 0 Å². The van der Waals surface area contributed by atoms with E-state index in [1.54, 1.807) is 7.11 Å². The molecule has 0 saturated carbocycles. The lowest BCUT2D eigenvalue weighted by atomic mass is 9.83. The van der Waals surface area contributed by atoms with Crippen LogP contribution in [0.15, 0.2) is 24.3 Å². The van der Waals surface area contributed by atoms with Crippen molar-refractivity contribution >= 4 is 12.4 Å². The van der Waals surface area contributed by atoms with Crippen molar-refractivity contribution in [2.24, 2.45) is 5.41 Å². The first-order chi connectivity index (χ1) is 10.5. The van der Waals surface area contributed by atoms with Crippen molar-refractivity contribution < 1.29 is 9.13 Å². The Kier molecular flexibility index (Phi) is 5.93. The number of hydrogen-bond donors (Lipinski definition) is 1. The molecule has 2 aliphatic rings. The van der Waals surface area contributed by atoms with Crippen molar-refractivity contribution in [3.8, 4) is 5.75 Å². The molecule has 130 valence electrons. The summed E-state index contributed by atoms with van der Waals surface area (Å²) in [6, 6.07) is 7.52. The lowest BCUT2D eigenvalue weighted by Crippen LogP contribution is -2.45. The summed E-state index contributed by atoms with van der Waals surface area (Å²) in [6.07, 6.45) is 2.32. The molecule has 23 heavy (non-hydrogen) atoms. The Labute approximate surface area is 145 Å². The minimum atomic E-state index is -1.25. The predicted octanol–water partition coefficient (Wildman–Crippen LogP) is 3.38. The van der Waals surface area contributed by atoms with Crippen molar-refractivity contribution in [1.29, 1.82) is 0 Å². The largest absolute Gasteiger partial charge is 0.496 e. The molecule has 3 nitrogen and oxygen atoms in total. The second-order valence-corrected chi connectivity index (χ2v) is 7.18. The maximum Gasteiger partial charge on any atom is 0.142 e. The zero-order chi connectivity index (χ0) is 15.6. The fourth-order valence-electron chi connectivity index (χ4n) is 3.89. The van der Waals surface area contributed by atoms with E-state index in [9.17, 15) is 0 Å². The van der Waals surface area contributed by atoms with Crippen LogP contribution in [0.2, 0.25) is 0 Å². The Morgan fingerprint density at radius 3 is 2.52 bits per heavy atom. The van der Waals surface area contributed by atoms with Gasteiger partial charge in [0.1, 0.15) is 11.4 Å². The fraction of sp³-hybridized carbons (Fsp3) is 0.667. The van der Waals surface area contributed by atoms with Gasteiger partial charge in [-0.1, -0.05) is 25.1 Å². The lowest BCUT2D eigenvalue weighted by molar-refractivity contribution is 0.0376. The molecule has 2 saturated heterocycles. The van der Waals surface area contributed by atoms with Crippen molar-refractivity contribution in [3.05, 3.63) is 29.8 Å². The molecule has 2 heterocycles. The Balaban J connectivity index is 0.00000192. The first-order valence-corrected chi connectivity index (χ1v) is 8.30. The smallest absolute Gasteiger partial charge is 0.142 e. The van der Waals surface area contributed by atoms with Gasteiger partial charge in [-0.05, 0) is 37.3 Å². The Hall–Kier alpha value is -0.840. The molecular weight excluding hydrogens is 315 g/mol. The van der Waals surface area contributed by atoms with Crippen LogP contribution in [0.4, 0.5) is 4.39 Å². The van der Waals surface area contributed by atoms with Crippen LogP contribution in [0.5, 0.6) is 5.75 Å². The van der Waals surface area contributed by atoms with E-state index in [1.165, 1.54) is 6.42 Å². The number of likely N-dealkylation sites (tertiary alicyclic amines) is 1. The van der Waals surface area contributed by atoms with Gasteiger partial charge in [0.25, 0.3) is 0 Å². The summed E-state index contributed by atoms with van der Waals surface area (Å²) in [5, 5.41) is 3.44. The molecule has 2 aliphatic heterocycles. The van der Waals surface area contributed by atoms with Crippen LogP contribution in [-0.2, 0) is 5.67 Å². The van der Waals surface area contributed by atoms with Gasteiger partial charge >= 0.3 is 0 Å². The maximum absolute atomic E-state index is 15.4. The van der Waals surface area contributed by atoms with Crippen LogP contribution < -0.4 is 10.1 Å². The summed E-state index contributed by atoms with van der Waals surface area (Å²) in [5.74, 6) is 0.672. The van der Waals surface area contributed by atoms with E-state index in [-0.39, 0.29) is 12.4 Å². The van der Waals surface area contributed by atoms with Crippen LogP contribution in [0.1, 0.15) is 31.7 Å². The van der Waals surface area contributed by atoms with Gasteiger partial charge in [-0.2, -0.15) is 0 Å². The molecular formula is C18H28ClFN2O. The van der Waals surface area contributed by atoms with Gasteiger partial charge < -0.3 is 15.0 Å². The van der Waals surface area contributed by atoms with Crippen LogP contribution in [0.25, 0.3) is 0 Å². The van der Waals surface area contributed by atoms with Crippen molar-refractivity contribution in [2.75, 3.05) is 39.8 Å². The van der Waals surface area contributed by atoms with E-state index in [2.05, 4.69) is 17.1 Å². The third-order valence-electron chi connectivity index (χ3n) is 5.30. The maximum atomic E-state index is 15.4. The lowest BCUT2D eigenvalue weighted by Gasteiger charge is -2.40. The van der Waals surface area contributed by atoms with E-state index in [4.69, 9.17) is 4.74 Å². The van der Waals surface area contributed by atoms with Crippen LogP contribution in [-0.4, -0.2) is 44.7 Å². The van der Waals surface area contributed by atoms with E-state index in [0.717, 1.165) is 32.7 Å². The molecule has 1 aromatic carbocycles. The summed E-state index contributed by atoms with van der Waals surface area (Å²) in [5.41, 5.74) is -0.190. The molecule has 2 fully saturated rings. The molecule has 0 bridgehead atoms. The van der Waals surface area contributed by atoms with Crippen LogP contribution >= 0.6 is 12.4 Å². The number of piperidine rings is 1. The number of hydrogen-bond acceptors (Lipinski definition) is 3. The van der Waals surface area contributed by atoms with Gasteiger partial charge in [0.15, 0.2) is 0 Å². The third kappa shape index (κ3) is 3.98. The molecule has 0 spiro atoms. The summed E-state index contributed by atoms with van der Waals surface area (Å²) in [4.78, 5) is 2.43. The molecule has 1 N–H and O–H groups in total. The number of nitrogens with one attached hydrogen (secondary N) is 1. The first-order valence-electron chi connectivity index (χ1n) is 8.30. The number of alkyl halides is 1. The molecule has 1 atom stereocenters. The molecule has 5 heteroatoms. The minimum Gasteiger partial charge on any atom is -0.496 e. The molecule has 3 rings (SSSR count). The van der Waals surface area contributed by atoms with Gasteiger partial charge in [0.05, 0.1) is 7.11 Å². The summed E-state index contributed by atoms with van der Waals surface area (Å²) < 4.78 is 20.8. The van der Waals surface area contributed by atoms with Crippen LogP contribution in [0, 0.1) is 5.41 Å². The van der Waals surface area contributed by atoms with E-state index in [1.807, 2.05) is 24.3 Å². The Morgan fingerprint density at radius 2 is 1.91 bits per heavy atom. The van der Waals surface area contributed by atoms with Gasteiger partial charge in [-0.25, -0.2) is 4.39 Å². The first kappa shape index (κ1) is 18.5. The second kappa shape index (κ2) is 7.37. The van der Waals surface area contributed by atoms with Gasteiger partial charge in [-0.3, -0.25) is 0 Å². The van der Waals surface area contributed by atoms with Crippen LogP contribution in [0.3, 0.4) is 0 Å². The zero-order valence-corrected chi connectivity index (χ0v) is 14.9. The highest BCUT2D eigenvalue weighted by Crippen LogP contribution is 2.42. The normalized spacial score (nSPS) is 27.4. The topological polar surface area (TPSA) is 24.5 Å². The minimum absolute atomic E-state index is 0. The quantitative estimate of drug-likeness (QED) is 0.907. The number of rotatable bonds is 4. The average molecular weight is 343 g/mol. The number of benzene rings is 1. The molecule has 0 amide bonds. The van der Waals surface area contributed by atoms with Crippen molar-refractivity contribution in [1.82, 2.24) is 10.2 Å². The van der Waals surface area contributed by atoms with E-state index < -0.39 is 5.67 Å². The number of methoxy groups -OCH3 is 1. The predicted molar refractivity (Wildman–Crippen MR) is 94.3 cm³/mol. The molecule has 0 radical (unpaired) electrons. The molecule has 1 aromatic rings. The molecule has 0 aliphatic carbocycles. The van der Waals surface area contributed by atoms with E-state index in [0.29, 0.717) is 29.6 Å². The molecule has 0 aromatic heterocycles. The van der Waals surface area contributed by atoms with Crippen molar-refractivity contribution in [2.45, 2.75) is 31.9 Å². The highest BCUT2D eigenvalue weighted by molar-refractivity contribution is 5.85. The Morgan fingerprint density at radius 1 is 1.22 bits per heavy atom. The summed E-state index contributed by atoms with van der Waals surface area (Å²) in [7, 11) is 1.62. The third-order valence-corrected chi connectivity index (χ3v) is 5.30.